The molecule has 3 rings (SSSR count). The second-order valence-electron chi connectivity index (χ2n) is 5.60. The molecule has 1 fully saturated rings. The molecule has 2 aromatic carbocycles. The number of halogens is 1. The Balaban J connectivity index is 1.87. The van der Waals surface area contributed by atoms with E-state index in [9.17, 15) is 9.18 Å². The maximum Gasteiger partial charge on any atom is 0.234 e. The van der Waals surface area contributed by atoms with Crippen LogP contribution in [-0.4, -0.2) is 13.0 Å². The summed E-state index contributed by atoms with van der Waals surface area (Å²) < 4.78 is 13.1. The molecular weight excluding hydrogens is 265 g/mol. The molecule has 0 heterocycles. The van der Waals surface area contributed by atoms with Crippen LogP contribution in [0.1, 0.15) is 24.3 Å². The van der Waals surface area contributed by atoms with Crippen LogP contribution in [0, 0.1) is 11.7 Å². The van der Waals surface area contributed by atoms with E-state index >= 15 is 0 Å². The molecule has 2 aromatic rings. The predicted octanol–water partition coefficient (Wildman–Crippen LogP) is 3.98. The summed E-state index contributed by atoms with van der Waals surface area (Å²) >= 11 is 0. The molecule has 0 spiro atoms. The number of hydrogen-bond donors (Lipinski definition) is 0. The minimum absolute atomic E-state index is 0.0790. The molecular formula is C18H18FNO. The molecule has 0 bridgehead atoms. The zero-order chi connectivity index (χ0) is 14.8. The summed E-state index contributed by atoms with van der Waals surface area (Å²) in [5.74, 6) is 0.0254. The number of carbonyl (C=O) groups excluding carboxylic acids is 1. The van der Waals surface area contributed by atoms with Crippen LogP contribution in [0.3, 0.4) is 0 Å². The summed E-state index contributed by atoms with van der Waals surface area (Å²) in [4.78, 5) is 14.5. The van der Waals surface area contributed by atoms with Crippen molar-refractivity contribution in [3.63, 3.8) is 0 Å². The summed E-state index contributed by atoms with van der Waals surface area (Å²) in [5, 5.41) is 0. The van der Waals surface area contributed by atoms with E-state index in [0.29, 0.717) is 5.92 Å². The van der Waals surface area contributed by atoms with Gasteiger partial charge in [-0.3, -0.25) is 4.79 Å². The van der Waals surface area contributed by atoms with Crippen LogP contribution in [0.4, 0.5) is 10.1 Å². The minimum atomic E-state index is -0.267. The van der Waals surface area contributed by atoms with Crippen molar-refractivity contribution in [3.05, 3.63) is 66.0 Å². The summed E-state index contributed by atoms with van der Waals surface area (Å²) in [6.07, 6.45) is 2.13. The highest BCUT2D eigenvalue weighted by Crippen LogP contribution is 2.43. The van der Waals surface area contributed by atoms with Gasteiger partial charge in [-0.1, -0.05) is 30.3 Å². The lowest BCUT2D eigenvalue weighted by molar-refractivity contribution is -0.120. The average Bonchev–Trinajstić information content (AvgIpc) is 3.34. The minimum Gasteiger partial charge on any atom is -0.315 e. The Kier molecular flexibility index (Phi) is 3.74. The van der Waals surface area contributed by atoms with E-state index in [-0.39, 0.29) is 17.6 Å². The maximum absolute atomic E-state index is 13.1. The van der Waals surface area contributed by atoms with Gasteiger partial charge in [-0.2, -0.15) is 0 Å². The van der Waals surface area contributed by atoms with Crippen LogP contribution >= 0.6 is 0 Å². The Bertz CT molecular complexity index is 619. The molecule has 21 heavy (non-hydrogen) atoms. The van der Waals surface area contributed by atoms with Crippen LogP contribution in [0.2, 0.25) is 0 Å². The molecule has 1 atom stereocenters. The lowest BCUT2D eigenvalue weighted by Crippen LogP contribution is -2.32. The van der Waals surface area contributed by atoms with Gasteiger partial charge in [0.05, 0.1) is 5.92 Å². The van der Waals surface area contributed by atoms with Gasteiger partial charge in [0, 0.05) is 12.7 Å². The molecule has 3 heteroatoms. The van der Waals surface area contributed by atoms with E-state index in [0.717, 1.165) is 24.1 Å². The maximum atomic E-state index is 13.1. The molecule has 0 aromatic heterocycles. The number of nitrogens with zero attached hydrogens (tertiary/aromatic N) is 1. The number of amides is 1. The van der Waals surface area contributed by atoms with Gasteiger partial charge in [0.15, 0.2) is 0 Å². The highest BCUT2D eigenvalue weighted by atomic mass is 19.1. The third-order valence-electron chi connectivity index (χ3n) is 4.06. The number of benzene rings is 2. The van der Waals surface area contributed by atoms with Crippen molar-refractivity contribution < 1.29 is 9.18 Å². The fraction of sp³-hybridized carbons (Fsp3) is 0.278. The van der Waals surface area contributed by atoms with Gasteiger partial charge in [-0.15, -0.1) is 0 Å². The monoisotopic (exact) mass is 283 g/mol. The van der Waals surface area contributed by atoms with Crippen LogP contribution in [-0.2, 0) is 4.79 Å². The van der Waals surface area contributed by atoms with Crippen LogP contribution < -0.4 is 4.90 Å². The first kappa shape index (κ1) is 13.8. The molecule has 2 nitrogen and oxygen atoms in total. The van der Waals surface area contributed by atoms with Crippen LogP contribution in [0.15, 0.2) is 54.6 Å². The van der Waals surface area contributed by atoms with Crippen molar-refractivity contribution >= 4 is 11.6 Å². The molecule has 1 saturated carbocycles. The van der Waals surface area contributed by atoms with Crippen molar-refractivity contribution in [3.8, 4) is 0 Å². The highest BCUT2D eigenvalue weighted by molar-refractivity contribution is 5.98. The van der Waals surface area contributed by atoms with Crippen molar-refractivity contribution in [2.45, 2.75) is 18.8 Å². The fourth-order valence-electron chi connectivity index (χ4n) is 2.70. The van der Waals surface area contributed by atoms with E-state index in [2.05, 4.69) is 0 Å². The van der Waals surface area contributed by atoms with Gasteiger partial charge in [0.25, 0.3) is 0 Å². The first-order valence-corrected chi connectivity index (χ1v) is 7.25. The number of hydrogen-bond acceptors (Lipinski definition) is 1. The Morgan fingerprint density at radius 2 is 1.71 bits per heavy atom. The third kappa shape index (κ3) is 2.97. The third-order valence-corrected chi connectivity index (χ3v) is 4.06. The van der Waals surface area contributed by atoms with Crippen LogP contribution in [0.25, 0.3) is 0 Å². The predicted molar refractivity (Wildman–Crippen MR) is 81.7 cm³/mol. The SMILES string of the molecule is CN(C(=O)C(c1ccc(F)cc1)C1CC1)c1ccccc1. The number of likely N-dealkylation sites (N-methyl/N-ethyl adjacent to an activating group) is 1. The first-order chi connectivity index (χ1) is 10.2. The number of para-hydroxylation sites is 1. The van der Waals surface area contributed by atoms with Crippen LogP contribution in [0.5, 0.6) is 0 Å². The van der Waals surface area contributed by atoms with Crippen molar-refractivity contribution in [1.82, 2.24) is 0 Å². The molecule has 1 aliphatic rings. The number of anilines is 1. The zero-order valence-corrected chi connectivity index (χ0v) is 12.0. The smallest absolute Gasteiger partial charge is 0.234 e. The van der Waals surface area contributed by atoms with Gasteiger partial charge in [-0.05, 0) is 48.6 Å². The number of carbonyl (C=O) groups is 1. The molecule has 108 valence electrons. The molecule has 1 unspecified atom stereocenters. The molecule has 0 aliphatic heterocycles. The second kappa shape index (κ2) is 5.68. The number of rotatable bonds is 4. The Hall–Kier alpha value is -2.16. The van der Waals surface area contributed by atoms with Gasteiger partial charge in [0.2, 0.25) is 5.91 Å². The second-order valence-corrected chi connectivity index (χ2v) is 5.60. The van der Waals surface area contributed by atoms with E-state index in [1.165, 1.54) is 12.1 Å². The Morgan fingerprint density at radius 3 is 2.29 bits per heavy atom. The standard InChI is InChI=1S/C18H18FNO/c1-20(16-5-3-2-4-6-16)18(21)17(13-7-8-13)14-9-11-15(19)12-10-14/h2-6,9-13,17H,7-8H2,1H3. The highest BCUT2D eigenvalue weighted by Gasteiger charge is 2.38. The first-order valence-electron chi connectivity index (χ1n) is 7.25. The summed E-state index contributed by atoms with van der Waals surface area (Å²) in [6, 6.07) is 15.9. The van der Waals surface area contributed by atoms with E-state index in [1.807, 2.05) is 30.3 Å². The largest absolute Gasteiger partial charge is 0.315 e. The Labute approximate surface area is 124 Å². The molecule has 0 radical (unpaired) electrons. The average molecular weight is 283 g/mol. The fourth-order valence-corrected chi connectivity index (χ4v) is 2.70. The van der Waals surface area contributed by atoms with Gasteiger partial charge >= 0.3 is 0 Å². The Morgan fingerprint density at radius 1 is 1.10 bits per heavy atom. The molecule has 0 saturated heterocycles. The topological polar surface area (TPSA) is 20.3 Å². The summed E-state index contributed by atoms with van der Waals surface area (Å²) in [7, 11) is 1.80. The summed E-state index contributed by atoms with van der Waals surface area (Å²) in [5.41, 5.74) is 1.79. The van der Waals surface area contributed by atoms with Gasteiger partial charge in [-0.25, -0.2) is 4.39 Å². The summed E-state index contributed by atoms with van der Waals surface area (Å²) in [6.45, 7) is 0. The van der Waals surface area contributed by atoms with Gasteiger partial charge in [0.1, 0.15) is 5.82 Å². The van der Waals surface area contributed by atoms with E-state index in [1.54, 1.807) is 24.1 Å². The van der Waals surface area contributed by atoms with E-state index < -0.39 is 0 Å². The van der Waals surface area contributed by atoms with Crippen molar-refractivity contribution in [2.24, 2.45) is 5.92 Å². The van der Waals surface area contributed by atoms with Crippen molar-refractivity contribution in [1.29, 1.82) is 0 Å². The molecule has 1 aliphatic carbocycles. The lowest BCUT2D eigenvalue weighted by atomic mass is 9.92. The molecule has 0 N–H and O–H groups in total. The normalized spacial score (nSPS) is 15.5. The van der Waals surface area contributed by atoms with Gasteiger partial charge < -0.3 is 4.90 Å². The zero-order valence-electron chi connectivity index (χ0n) is 12.0. The molecule has 1 amide bonds. The quantitative estimate of drug-likeness (QED) is 0.831. The lowest BCUT2D eigenvalue weighted by Gasteiger charge is -2.24. The van der Waals surface area contributed by atoms with Crippen molar-refractivity contribution in [2.75, 3.05) is 11.9 Å². The van der Waals surface area contributed by atoms with E-state index in [4.69, 9.17) is 0 Å².